The van der Waals surface area contributed by atoms with Crippen molar-refractivity contribution in [3.63, 3.8) is 0 Å². The highest BCUT2D eigenvalue weighted by atomic mass is 35.5. The minimum absolute atomic E-state index is 0.0587. The van der Waals surface area contributed by atoms with Crippen LogP contribution in [-0.2, 0) is 6.42 Å². The lowest BCUT2D eigenvalue weighted by atomic mass is 10.1. The van der Waals surface area contributed by atoms with Crippen molar-refractivity contribution in [3.05, 3.63) is 49.9 Å². The summed E-state index contributed by atoms with van der Waals surface area (Å²) in [5, 5.41) is 0.967. The van der Waals surface area contributed by atoms with Gasteiger partial charge in [-0.3, -0.25) is 4.79 Å². The predicted molar refractivity (Wildman–Crippen MR) is 71.3 cm³/mol. The third kappa shape index (κ3) is 2.86. The molecule has 0 aliphatic heterocycles. The van der Waals surface area contributed by atoms with Crippen LogP contribution >= 0.6 is 34.5 Å². The zero-order chi connectivity index (χ0) is 12.4. The van der Waals surface area contributed by atoms with Gasteiger partial charge in [-0.1, -0.05) is 29.3 Å². The van der Waals surface area contributed by atoms with E-state index in [2.05, 4.69) is 4.98 Å². The highest BCUT2D eigenvalue weighted by Gasteiger charge is 2.12. The Labute approximate surface area is 113 Å². The molecule has 1 aromatic heterocycles. The molecule has 2 nitrogen and oxygen atoms in total. The van der Waals surface area contributed by atoms with Crippen LogP contribution in [0.5, 0.6) is 0 Å². The van der Waals surface area contributed by atoms with Crippen molar-refractivity contribution in [2.45, 2.75) is 13.3 Å². The number of hydrogen-bond donors (Lipinski definition) is 0. The van der Waals surface area contributed by atoms with Crippen LogP contribution < -0.4 is 0 Å². The lowest BCUT2D eigenvalue weighted by Crippen LogP contribution is -2.03. The van der Waals surface area contributed by atoms with Gasteiger partial charge in [0, 0.05) is 6.42 Å². The molecule has 88 valence electrons. The molecule has 0 N–H and O–H groups in total. The standard InChI is InChI=1S/C12H9Cl2NOS/c1-7-12(17-6-15-7)11(16)5-8-2-3-9(13)10(14)4-8/h2-4,6H,5H2,1H3. The lowest BCUT2D eigenvalue weighted by molar-refractivity contribution is 0.0996. The number of carbonyl (C=O) groups is 1. The fraction of sp³-hybridized carbons (Fsp3) is 0.167. The van der Waals surface area contributed by atoms with E-state index < -0.39 is 0 Å². The summed E-state index contributed by atoms with van der Waals surface area (Å²) in [6.45, 7) is 1.83. The Bertz CT molecular complexity index is 565. The number of rotatable bonds is 3. The van der Waals surface area contributed by atoms with Gasteiger partial charge in [0.1, 0.15) is 0 Å². The van der Waals surface area contributed by atoms with E-state index in [0.717, 1.165) is 11.3 Å². The molecule has 5 heteroatoms. The van der Waals surface area contributed by atoms with Crippen molar-refractivity contribution < 1.29 is 4.79 Å². The third-order valence-electron chi connectivity index (χ3n) is 2.35. The van der Waals surface area contributed by atoms with Gasteiger partial charge in [0.25, 0.3) is 0 Å². The molecule has 0 aliphatic rings. The summed E-state index contributed by atoms with van der Waals surface area (Å²) in [5.74, 6) is 0.0587. The number of aromatic nitrogens is 1. The minimum Gasteiger partial charge on any atom is -0.293 e. The molecule has 2 aromatic rings. The summed E-state index contributed by atoms with van der Waals surface area (Å²) in [7, 11) is 0. The average molecular weight is 286 g/mol. The van der Waals surface area contributed by atoms with Gasteiger partial charge >= 0.3 is 0 Å². The molecule has 0 spiro atoms. The molecule has 17 heavy (non-hydrogen) atoms. The normalized spacial score (nSPS) is 10.5. The van der Waals surface area contributed by atoms with E-state index in [1.165, 1.54) is 11.3 Å². The van der Waals surface area contributed by atoms with E-state index >= 15 is 0 Å². The molecule has 0 unspecified atom stereocenters. The predicted octanol–water partition coefficient (Wildman–Crippen LogP) is 4.18. The maximum absolute atomic E-state index is 12.0. The van der Waals surface area contributed by atoms with E-state index in [9.17, 15) is 4.79 Å². The SMILES string of the molecule is Cc1ncsc1C(=O)Cc1ccc(Cl)c(Cl)c1. The highest BCUT2D eigenvalue weighted by Crippen LogP contribution is 2.24. The van der Waals surface area contributed by atoms with E-state index in [1.54, 1.807) is 17.6 Å². The number of ketones is 1. The Morgan fingerprint density at radius 2 is 2.12 bits per heavy atom. The molecule has 2 rings (SSSR count). The van der Waals surface area contributed by atoms with Gasteiger partial charge in [-0.25, -0.2) is 4.98 Å². The number of aryl methyl sites for hydroxylation is 1. The molecule has 0 atom stereocenters. The van der Waals surface area contributed by atoms with Gasteiger partial charge in [0.15, 0.2) is 5.78 Å². The molecule has 1 aromatic carbocycles. The van der Waals surface area contributed by atoms with Crippen LogP contribution in [0.25, 0.3) is 0 Å². The number of hydrogen-bond acceptors (Lipinski definition) is 3. The minimum atomic E-state index is 0.0587. The van der Waals surface area contributed by atoms with E-state index in [1.807, 2.05) is 13.0 Å². The Morgan fingerprint density at radius 1 is 1.35 bits per heavy atom. The van der Waals surface area contributed by atoms with Crippen LogP contribution in [-0.4, -0.2) is 10.8 Å². The first kappa shape index (κ1) is 12.6. The molecular formula is C12H9Cl2NOS. The van der Waals surface area contributed by atoms with Crippen molar-refractivity contribution in [2.75, 3.05) is 0 Å². The average Bonchev–Trinajstić information content (AvgIpc) is 2.70. The molecule has 0 fully saturated rings. The number of benzene rings is 1. The van der Waals surface area contributed by atoms with Gasteiger partial charge in [0.05, 0.1) is 26.1 Å². The zero-order valence-corrected chi connectivity index (χ0v) is 11.4. The van der Waals surface area contributed by atoms with Crippen molar-refractivity contribution in [3.8, 4) is 0 Å². The van der Waals surface area contributed by atoms with Crippen LogP contribution in [0.2, 0.25) is 10.0 Å². The van der Waals surface area contributed by atoms with Crippen LogP contribution in [0.3, 0.4) is 0 Å². The van der Waals surface area contributed by atoms with Crippen LogP contribution in [0.4, 0.5) is 0 Å². The summed E-state index contributed by atoms with van der Waals surface area (Å²) in [4.78, 5) is 16.8. The molecule has 0 saturated heterocycles. The first-order chi connectivity index (χ1) is 8.08. The monoisotopic (exact) mass is 285 g/mol. The number of nitrogens with zero attached hydrogens (tertiary/aromatic N) is 1. The Hall–Kier alpha value is -0.900. The second-order valence-electron chi connectivity index (χ2n) is 3.62. The Kier molecular flexibility index (Phi) is 3.82. The van der Waals surface area contributed by atoms with Crippen LogP contribution in [0.1, 0.15) is 20.9 Å². The van der Waals surface area contributed by atoms with Crippen molar-refractivity contribution >= 4 is 40.3 Å². The Balaban J connectivity index is 2.19. The van der Waals surface area contributed by atoms with Gasteiger partial charge in [0.2, 0.25) is 0 Å². The molecule has 0 saturated carbocycles. The van der Waals surface area contributed by atoms with Crippen LogP contribution in [0.15, 0.2) is 23.7 Å². The number of Topliss-reactive ketones (excluding diaryl/α,β-unsaturated/α-hetero) is 1. The molecule has 1 heterocycles. The van der Waals surface area contributed by atoms with E-state index in [-0.39, 0.29) is 5.78 Å². The van der Waals surface area contributed by atoms with Gasteiger partial charge in [-0.2, -0.15) is 0 Å². The molecular weight excluding hydrogens is 277 g/mol. The van der Waals surface area contributed by atoms with Crippen molar-refractivity contribution in [1.82, 2.24) is 4.98 Å². The van der Waals surface area contributed by atoms with Crippen molar-refractivity contribution in [1.29, 1.82) is 0 Å². The Morgan fingerprint density at radius 3 is 2.71 bits per heavy atom. The van der Waals surface area contributed by atoms with Gasteiger partial charge in [-0.05, 0) is 24.6 Å². The summed E-state index contributed by atoms with van der Waals surface area (Å²) < 4.78 is 0. The first-order valence-electron chi connectivity index (χ1n) is 4.95. The summed E-state index contributed by atoms with van der Waals surface area (Å²) >= 11 is 13.1. The summed E-state index contributed by atoms with van der Waals surface area (Å²) in [6, 6.07) is 5.23. The summed E-state index contributed by atoms with van der Waals surface area (Å²) in [6.07, 6.45) is 0.319. The van der Waals surface area contributed by atoms with Gasteiger partial charge < -0.3 is 0 Å². The molecule has 0 aliphatic carbocycles. The number of carbonyl (C=O) groups excluding carboxylic acids is 1. The third-order valence-corrected chi connectivity index (χ3v) is 4.06. The number of thiazole rings is 1. The number of halogens is 2. The lowest BCUT2D eigenvalue weighted by Gasteiger charge is -2.02. The summed E-state index contributed by atoms with van der Waals surface area (Å²) in [5.41, 5.74) is 3.31. The van der Waals surface area contributed by atoms with Gasteiger partial charge in [-0.15, -0.1) is 11.3 Å². The van der Waals surface area contributed by atoms with Crippen molar-refractivity contribution in [2.24, 2.45) is 0 Å². The smallest absolute Gasteiger partial charge is 0.179 e. The topological polar surface area (TPSA) is 30.0 Å². The van der Waals surface area contributed by atoms with Crippen LogP contribution in [0, 0.1) is 6.92 Å². The quantitative estimate of drug-likeness (QED) is 0.792. The zero-order valence-electron chi connectivity index (χ0n) is 9.04. The fourth-order valence-electron chi connectivity index (χ4n) is 1.48. The maximum Gasteiger partial charge on any atom is 0.179 e. The van der Waals surface area contributed by atoms with E-state index in [4.69, 9.17) is 23.2 Å². The maximum atomic E-state index is 12.0. The molecule has 0 amide bonds. The second-order valence-corrected chi connectivity index (χ2v) is 5.28. The van der Waals surface area contributed by atoms with E-state index in [0.29, 0.717) is 21.3 Å². The highest BCUT2D eigenvalue weighted by molar-refractivity contribution is 7.11. The second kappa shape index (κ2) is 5.17. The first-order valence-corrected chi connectivity index (χ1v) is 6.58. The molecule has 0 radical (unpaired) electrons. The fourth-order valence-corrected chi connectivity index (χ4v) is 2.55. The molecule has 0 bridgehead atoms. The largest absolute Gasteiger partial charge is 0.293 e.